The van der Waals surface area contributed by atoms with Crippen LogP contribution in [0.25, 0.3) is 11.8 Å². The number of alkyl halides is 1. The predicted octanol–water partition coefficient (Wildman–Crippen LogP) is 0.0399. The number of nitriles is 1. The molecule has 2 rings (SSSR count). The number of thiazole rings is 1. The predicted molar refractivity (Wildman–Crippen MR) is 123 cm³/mol. The summed E-state index contributed by atoms with van der Waals surface area (Å²) >= 11 is 0.989. The van der Waals surface area contributed by atoms with Crippen LogP contribution in [0.5, 0.6) is 0 Å². The minimum absolute atomic E-state index is 0.157. The van der Waals surface area contributed by atoms with Gasteiger partial charge in [-0.3, -0.25) is 19.0 Å². The van der Waals surface area contributed by atoms with E-state index in [9.17, 15) is 24.0 Å². The maximum atomic E-state index is 12.7. The van der Waals surface area contributed by atoms with E-state index in [-0.39, 0.29) is 45.9 Å². The number of hydrogen-bond donors (Lipinski definition) is 3. The number of benzene rings is 1. The van der Waals surface area contributed by atoms with E-state index in [0.717, 1.165) is 11.3 Å². The van der Waals surface area contributed by atoms with Crippen LogP contribution in [0.4, 0.5) is 15.8 Å². The molecule has 11 heteroatoms. The van der Waals surface area contributed by atoms with Crippen molar-refractivity contribution in [1.82, 2.24) is 14.8 Å². The lowest BCUT2D eigenvalue weighted by Gasteiger charge is -2.10. The normalized spacial score (nSPS) is 12.3. The van der Waals surface area contributed by atoms with E-state index in [0.29, 0.717) is 11.4 Å². The number of likely N-dealkylation sites (N-methyl/N-ethyl adjacent to an activating group) is 1. The van der Waals surface area contributed by atoms with E-state index in [4.69, 9.17) is 0 Å². The molecule has 0 saturated carbocycles. The highest BCUT2D eigenvalue weighted by molar-refractivity contribution is 7.07. The smallest absolute Gasteiger partial charge is 0.270 e. The molecule has 0 aliphatic carbocycles. The summed E-state index contributed by atoms with van der Waals surface area (Å²) in [6.07, 6.45) is 1.48. The van der Waals surface area contributed by atoms with Gasteiger partial charge in [0.05, 0.1) is 6.54 Å². The molecule has 0 radical (unpaired) electrons. The first kappa shape index (κ1) is 24.8. The van der Waals surface area contributed by atoms with Crippen LogP contribution < -0.4 is 30.7 Å². The topological polar surface area (TPSA) is 119 Å². The molecule has 1 aromatic heterocycles. The van der Waals surface area contributed by atoms with E-state index in [1.807, 2.05) is 6.07 Å². The minimum atomic E-state index is -0.757. The van der Waals surface area contributed by atoms with Crippen LogP contribution in [0, 0.1) is 11.3 Å². The Morgan fingerprint density at radius 1 is 1.31 bits per heavy atom. The first-order chi connectivity index (χ1) is 15.3. The maximum absolute atomic E-state index is 12.7. The van der Waals surface area contributed by atoms with Crippen LogP contribution in [0.15, 0.2) is 29.1 Å². The minimum Gasteiger partial charge on any atom is -0.360 e. The van der Waals surface area contributed by atoms with Crippen LogP contribution >= 0.6 is 11.3 Å². The first-order valence-electron chi connectivity index (χ1n) is 9.80. The van der Waals surface area contributed by atoms with Crippen LogP contribution in [0.1, 0.15) is 6.92 Å². The third-order valence-electron chi connectivity index (χ3n) is 4.13. The quantitative estimate of drug-likeness (QED) is 0.486. The number of carbonyl (C=O) groups is 2. The highest BCUT2D eigenvalue weighted by Gasteiger charge is 2.15. The Bertz CT molecular complexity index is 1200. The fraction of sp³-hybridized carbons (Fsp3) is 0.333. The van der Waals surface area contributed by atoms with E-state index in [1.54, 1.807) is 50.2 Å². The molecule has 1 heterocycles. The van der Waals surface area contributed by atoms with Gasteiger partial charge in [0, 0.05) is 30.7 Å². The van der Waals surface area contributed by atoms with E-state index < -0.39 is 12.6 Å². The number of aromatic nitrogens is 1. The zero-order valence-corrected chi connectivity index (χ0v) is 18.9. The summed E-state index contributed by atoms with van der Waals surface area (Å²) in [5.41, 5.74) is 0.627. The molecular formula is C21H25FN6O3S. The van der Waals surface area contributed by atoms with Crippen molar-refractivity contribution in [2.24, 2.45) is 0 Å². The maximum Gasteiger partial charge on any atom is 0.270 e. The average molecular weight is 461 g/mol. The van der Waals surface area contributed by atoms with Gasteiger partial charge >= 0.3 is 0 Å². The van der Waals surface area contributed by atoms with Gasteiger partial charge in [-0.2, -0.15) is 5.26 Å². The lowest BCUT2D eigenvalue weighted by molar-refractivity contribution is -0.117. The Morgan fingerprint density at radius 2 is 2.03 bits per heavy atom. The van der Waals surface area contributed by atoms with Gasteiger partial charge in [-0.15, -0.1) is 11.3 Å². The lowest BCUT2D eigenvalue weighted by atomic mass is 10.2. The summed E-state index contributed by atoms with van der Waals surface area (Å²) in [5.74, 6) is -0.884. The summed E-state index contributed by atoms with van der Waals surface area (Å²) in [5, 5.41) is 17.5. The van der Waals surface area contributed by atoms with Crippen molar-refractivity contribution < 1.29 is 14.0 Å². The summed E-state index contributed by atoms with van der Waals surface area (Å²) in [7, 11) is 3.59. The second kappa shape index (κ2) is 11.8. The van der Waals surface area contributed by atoms with Crippen molar-refractivity contribution in [3.05, 3.63) is 43.8 Å². The number of nitrogens with one attached hydrogen (secondary N) is 3. The van der Waals surface area contributed by atoms with Crippen LogP contribution in [0.3, 0.4) is 0 Å². The van der Waals surface area contributed by atoms with Crippen LogP contribution in [-0.2, 0) is 16.1 Å². The lowest BCUT2D eigenvalue weighted by Crippen LogP contribution is -2.35. The third-order valence-corrected chi connectivity index (χ3v) is 5.26. The van der Waals surface area contributed by atoms with E-state index >= 15 is 0 Å². The molecule has 1 aromatic carbocycles. The van der Waals surface area contributed by atoms with Gasteiger partial charge in [0.15, 0.2) is 5.57 Å². The second-order valence-corrected chi connectivity index (χ2v) is 7.94. The molecule has 2 aromatic rings. The average Bonchev–Trinajstić information content (AvgIpc) is 3.06. The summed E-state index contributed by atoms with van der Waals surface area (Å²) in [6, 6.07) is 8.79. The molecule has 32 heavy (non-hydrogen) atoms. The largest absolute Gasteiger partial charge is 0.360 e. The number of anilines is 2. The van der Waals surface area contributed by atoms with E-state index in [1.165, 1.54) is 10.8 Å². The van der Waals surface area contributed by atoms with E-state index in [2.05, 4.69) is 16.0 Å². The second-order valence-electron chi connectivity index (χ2n) is 6.91. The first-order valence-corrected chi connectivity index (χ1v) is 10.6. The van der Waals surface area contributed by atoms with Gasteiger partial charge in [0.25, 0.3) is 11.5 Å². The molecule has 9 nitrogen and oxygen atoms in total. The molecule has 0 atom stereocenters. The zero-order valence-electron chi connectivity index (χ0n) is 18.1. The van der Waals surface area contributed by atoms with Crippen LogP contribution in [0.2, 0.25) is 0 Å². The molecule has 0 spiro atoms. The van der Waals surface area contributed by atoms with Gasteiger partial charge in [-0.1, -0.05) is 6.07 Å². The standard InChI is InChI=1S/C21H25FN6O3S/c1-4-28-20(31)17(32-21(28)16(11-23)19(30)24-9-8-22)12-25-14-6-5-7-15(10-14)26-18(29)13-27(2)3/h5-7,10,12,25H,4,8-9,13H2,1-3H3,(H,24,30)(H,26,29)/b17-12+,21-16-. The number of hydrogen-bond acceptors (Lipinski definition) is 7. The van der Waals surface area contributed by atoms with Crippen molar-refractivity contribution >= 4 is 46.3 Å². The number of amides is 2. The number of rotatable bonds is 9. The Labute approximate surface area is 188 Å². The van der Waals surface area contributed by atoms with Gasteiger partial charge in [-0.05, 0) is 39.2 Å². The van der Waals surface area contributed by atoms with Crippen molar-refractivity contribution in [1.29, 1.82) is 5.26 Å². The Balaban J connectivity index is 2.37. The van der Waals surface area contributed by atoms with Gasteiger partial charge in [0.2, 0.25) is 5.91 Å². The highest BCUT2D eigenvalue weighted by atomic mass is 32.1. The van der Waals surface area contributed by atoms with Crippen molar-refractivity contribution in [3.63, 3.8) is 0 Å². The molecule has 2 amide bonds. The Morgan fingerprint density at radius 3 is 2.66 bits per heavy atom. The molecule has 3 N–H and O–H groups in total. The number of nitrogens with zero attached hydrogens (tertiary/aromatic N) is 3. The zero-order chi connectivity index (χ0) is 23.7. The molecule has 0 fully saturated rings. The summed E-state index contributed by atoms with van der Waals surface area (Å²) in [4.78, 5) is 38.6. The van der Waals surface area contributed by atoms with Crippen LogP contribution in [-0.4, -0.2) is 55.1 Å². The van der Waals surface area contributed by atoms with Gasteiger partial charge < -0.3 is 20.9 Å². The fourth-order valence-electron chi connectivity index (χ4n) is 2.76. The van der Waals surface area contributed by atoms with Crippen molar-refractivity contribution in [2.45, 2.75) is 13.5 Å². The summed E-state index contributed by atoms with van der Waals surface area (Å²) in [6.45, 7) is 1.26. The third kappa shape index (κ3) is 6.50. The fourth-order valence-corrected chi connectivity index (χ4v) is 3.85. The number of halogens is 1. The van der Waals surface area contributed by atoms with Crippen molar-refractivity contribution in [2.75, 3.05) is 44.5 Å². The number of carbonyl (C=O) groups excluding carboxylic acids is 2. The SMILES string of the molecule is CCn1c(=O)/c(=C\Nc2cccc(NC(=O)CN(C)C)c2)s/c1=C(/C#N)C(=O)NCCF. The molecule has 170 valence electrons. The molecule has 0 aliphatic heterocycles. The monoisotopic (exact) mass is 460 g/mol. The Kier molecular flexibility index (Phi) is 9.12. The molecular weight excluding hydrogens is 435 g/mol. The van der Waals surface area contributed by atoms with Crippen molar-refractivity contribution in [3.8, 4) is 6.07 Å². The molecule has 0 unspecified atom stereocenters. The molecule has 0 saturated heterocycles. The summed E-state index contributed by atoms with van der Waals surface area (Å²) < 4.78 is 14.2. The van der Waals surface area contributed by atoms with Gasteiger partial charge in [-0.25, -0.2) is 4.39 Å². The molecule has 0 aliphatic rings. The highest BCUT2D eigenvalue weighted by Crippen LogP contribution is 2.15. The van der Waals surface area contributed by atoms with Gasteiger partial charge in [0.1, 0.15) is 21.9 Å². The molecule has 0 bridgehead atoms. The Hall–Kier alpha value is -3.49.